The van der Waals surface area contributed by atoms with E-state index in [9.17, 15) is 0 Å². The lowest BCUT2D eigenvalue weighted by Crippen LogP contribution is -1.97. The molecule has 0 saturated carbocycles. The van der Waals surface area contributed by atoms with Crippen LogP contribution < -0.4 is 10.5 Å². The predicted molar refractivity (Wildman–Crippen MR) is 56.3 cm³/mol. The van der Waals surface area contributed by atoms with Crippen LogP contribution in [0.5, 0.6) is 5.75 Å². The van der Waals surface area contributed by atoms with Gasteiger partial charge in [-0.2, -0.15) is 5.10 Å². The second kappa shape index (κ2) is 4.00. The summed E-state index contributed by atoms with van der Waals surface area (Å²) in [6, 6.07) is 7.21. The molecule has 0 atom stereocenters. The quantitative estimate of drug-likeness (QED) is 0.738. The Labute approximate surface area is 87.3 Å². The van der Waals surface area contributed by atoms with E-state index in [1.165, 1.54) is 0 Å². The fourth-order valence-corrected chi connectivity index (χ4v) is 1.17. The summed E-state index contributed by atoms with van der Waals surface area (Å²) in [5, 5.41) is 6.72. The first-order valence-corrected chi connectivity index (χ1v) is 4.60. The number of H-pyrrole nitrogens is 1. The van der Waals surface area contributed by atoms with Gasteiger partial charge >= 0.3 is 0 Å². The number of rotatable bonds is 3. The smallest absolute Gasteiger partial charge is 0.188 e. The van der Waals surface area contributed by atoms with E-state index in [2.05, 4.69) is 15.2 Å². The Morgan fingerprint density at radius 3 is 2.67 bits per heavy atom. The zero-order valence-electron chi connectivity index (χ0n) is 8.40. The summed E-state index contributed by atoms with van der Waals surface area (Å²) in [6.07, 6.45) is 0. The molecule has 0 radical (unpaired) electrons. The molecule has 78 valence electrons. The van der Waals surface area contributed by atoms with Crippen LogP contribution in [0.15, 0.2) is 24.3 Å². The van der Waals surface area contributed by atoms with Gasteiger partial charge in [-0.3, -0.25) is 5.10 Å². The average molecular weight is 204 g/mol. The van der Waals surface area contributed by atoms with Crippen LogP contribution in [-0.2, 0) is 6.61 Å². The molecule has 0 aliphatic rings. The molecule has 3 N–H and O–H groups in total. The number of aryl methyl sites for hydroxylation is 1. The van der Waals surface area contributed by atoms with Crippen molar-refractivity contribution in [2.75, 3.05) is 5.73 Å². The maximum Gasteiger partial charge on any atom is 0.188 e. The minimum atomic E-state index is 0.355. The van der Waals surface area contributed by atoms with Crippen LogP contribution in [0, 0.1) is 6.92 Å². The molecule has 5 nitrogen and oxygen atoms in total. The highest BCUT2D eigenvalue weighted by Gasteiger charge is 2.00. The normalized spacial score (nSPS) is 10.2. The summed E-state index contributed by atoms with van der Waals surface area (Å²) >= 11 is 0. The Morgan fingerprint density at radius 1 is 1.33 bits per heavy atom. The Bertz CT molecular complexity index is 435. The van der Waals surface area contributed by atoms with Crippen molar-refractivity contribution < 1.29 is 4.74 Å². The second-order valence-corrected chi connectivity index (χ2v) is 3.19. The van der Waals surface area contributed by atoms with Gasteiger partial charge in [-0.25, -0.2) is 4.98 Å². The molecule has 5 heteroatoms. The first-order valence-electron chi connectivity index (χ1n) is 4.60. The van der Waals surface area contributed by atoms with Gasteiger partial charge < -0.3 is 10.5 Å². The van der Waals surface area contributed by atoms with Crippen molar-refractivity contribution in [1.29, 1.82) is 0 Å². The zero-order chi connectivity index (χ0) is 10.7. The number of aromatic amines is 1. The van der Waals surface area contributed by atoms with Gasteiger partial charge in [0, 0.05) is 5.69 Å². The van der Waals surface area contributed by atoms with E-state index in [-0.39, 0.29) is 0 Å². The number of nitrogens with zero attached hydrogens (tertiary/aromatic N) is 2. The molecule has 0 aliphatic heterocycles. The van der Waals surface area contributed by atoms with Gasteiger partial charge in [0.15, 0.2) is 5.82 Å². The molecule has 1 heterocycles. The van der Waals surface area contributed by atoms with Gasteiger partial charge in [0.2, 0.25) is 0 Å². The summed E-state index contributed by atoms with van der Waals surface area (Å²) in [7, 11) is 0. The average Bonchev–Trinajstić information content (AvgIpc) is 2.64. The van der Waals surface area contributed by atoms with Crippen LogP contribution in [0.25, 0.3) is 0 Å². The molecule has 15 heavy (non-hydrogen) atoms. The van der Waals surface area contributed by atoms with E-state index < -0.39 is 0 Å². The molecule has 0 bridgehead atoms. The maximum atomic E-state index is 5.55. The lowest BCUT2D eigenvalue weighted by Gasteiger charge is -2.02. The standard InChI is InChI=1S/C10H12N4O/c1-7-12-10(14-13-7)6-15-9-4-2-8(11)3-5-9/h2-5H,6,11H2,1H3,(H,12,13,14). The van der Waals surface area contributed by atoms with Crippen molar-refractivity contribution in [3.8, 4) is 5.75 Å². The van der Waals surface area contributed by atoms with Crippen LogP contribution in [0.2, 0.25) is 0 Å². The molecule has 2 aromatic rings. The molecule has 0 amide bonds. The van der Waals surface area contributed by atoms with Gasteiger partial charge in [0.05, 0.1) is 0 Å². The number of nitrogen functional groups attached to an aromatic ring is 1. The number of ether oxygens (including phenoxy) is 1. The van der Waals surface area contributed by atoms with Crippen LogP contribution in [-0.4, -0.2) is 15.2 Å². The number of anilines is 1. The largest absolute Gasteiger partial charge is 0.486 e. The fraction of sp³-hybridized carbons (Fsp3) is 0.200. The number of benzene rings is 1. The number of hydrogen-bond acceptors (Lipinski definition) is 4. The third kappa shape index (κ3) is 2.46. The molecule has 0 fully saturated rings. The fourth-order valence-electron chi connectivity index (χ4n) is 1.17. The van der Waals surface area contributed by atoms with Gasteiger partial charge in [-0.05, 0) is 31.2 Å². The molecular weight excluding hydrogens is 192 g/mol. The van der Waals surface area contributed by atoms with Gasteiger partial charge in [-0.15, -0.1) is 0 Å². The monoisotopic (exact) mass is 204 g/mol. The Balaban J connectivity index is 1.96. The molecule has 0 spiro atoms. The summed E-state index contributed by atoms with van der Waals surface area (Å²) in [5.74, 6) is 2.18. The predicted octanol–water partition coefficient (Wildman–Crippen LogP) is 1.27. The molecule has 0 saturated heterocycles. The highest BCUT2D eigenvalue weighted by molar-refractivity contribution is 5.41. The van der Waals surface area contributed by atoms with Crippen LogP contribution in [0.3, 0.4) is 0 Å². The van der Waals surface area contributed by atoms with Crippen molar-refractivity contribution in [2.45, 2.75) is 13.5 Å². The zero-order valence-corrected chi connectivity index (χ0v) is 8.40. The molecule has 1 aromatic carbocycles. The number of aromatic nitrogens is 3. The molecule has 0 aliphatic carbocycles. The lowest BCUT2D eigenvalue weighted by molar-refractivity contribution is 0.296. The van der Waals surface area contributed by atoms with E-state index in [0.717, 1.165) is 17.3 Å². The van der Waals surface area contributed by atoms with E-state index >= 15 is 0 Å². The summed E-state index contributed by atoms with van der Waals surface area (Å²) in [6.45, 7) is 2.20. The number of hydrogen-bond donors (Lipinski definition) is 2. The molecule has 0 unspecified atom stereocenters. The van der Waals surface area contributed by atoms with Crippen molar-refractivity contribution in [2.24, 2.45) is 0 Å². The molecule has 1 aromatic heterocycles. The third-order valence-electron chi connectivity index (χ3n) is 1.89. The first-order chi connectivity index (χ1) is 7.24. The third-order valence-corrected chi connectivity index (χ3v) is 1.89. The SMILES string of the molecule is Cc1nc(COc2ccc(N)cc2)n[nH]1. The lowest BCUT2D eigenvalue weighted by atomic mass is 10.3. The summed E-state index contributed by atoms with van der Waals surface area (Å²) in [5.41, 5.74) is 6.27. The number of nitrogens with two attached hydrogens (primary N) is 1. The Kier molecular flexibility index (Phi) is 2.53. The first kappa shape index (κ1) is 9.51. The highest BCUT2D eigenvalue weighted by atomic mass is 16.5. The van der Waals surface area contributed by atoms with Crippen molar-refractivity contribution in [3.63, 3.8) is 0 Å². The summed E-state index contributed by atoms with van der Waals surface area (Å²) in [4.78, 5) is 4.13. The highest BCUT2D eigenvalue weighted by Crippen LogP contribution is 2.13. The van der Waals surface area contributed by atoms with E-state index in [1.807, 2.05) is 19.1 Å². The van der Waals surface area contributed by atoms with Crippen LogP contribution in [0.1, 0.15) is 11.6 Å². The summed E-state index contributed by atoms with van der Waals surface area (Å²) < 4.78 is 5.46. The Hall–Kier alpha value is -2.04. The molecule has 2 rings (SSSR count). The van der Waals surface area contributed by atoms with E-state index in [1.54, 1.807) is 12.1 Å². The minimum Gasteiger partial charge on any atom is -0.486 e. The van der Waals surface area contributed by atoms with Gasteiger partial charge in [0.1, 0.15) is 18.2 Å². The van der Waals surface area contributed by atoms with Crippen molar-refractivity contribution in [3.05, 3.63) is 35.9 Å². The minimum absolute atomic E-state index is 0.355. The maximum absolute atomic E-state index is 5.55. The van der Waals surface area contributed by atoms with Gasteiger partial charge in [0.25, 0.3) is 0 Å². The number of nitrogens with one attached hydrogen (secondary N) is 1. The van der Waals surface area contributed by atoms with E-state index in [4.69, 9.17) is 10.5 Å². The van der Waals surface area contributed by atoms with Crippen molar-refractivity contribution in [1.82, 2.24) is 15.2 Å². The van der Waals surface area contributed by atoms with E-state index in [0.29, 0.717) is 12.4 Å². The van der Waals surface area contributed by atoms with Gasteiger partial charge in [-0.1, -0.05) is 0 Å². The Morgan fingerprint density at radius 2 is 2.07 bits per heavy atom. The van der Waals surface area contributed by atoms with Crippen molar-refractivity contribution >= 4 is 5.69 Å². The van der Waals surface area contributed by atoms with Crippen LogP contribution >= 0.6 is 0 Å². The van der Waals surface area contributed by atoms with Crippen LogP contribution in [0.4, 0.5) is 5.69 Å². The second-order valence-electron chi connectivity index (χ2n) is 3.19. The topological polar surface area (TPSA) is 76.8 Å². The molecular formula is C10H12N4O.